The fourth-order valence-electron chi connectivity index (χ4n) is 2.41. The van der Waals surface area contributed by atoms with E-state index >= 15 is 0 Å². The fraction of sp³-hybridized carbons (Fsp3) is 0.211. The van der Waals surface area contributed by atoms with Crippen molar-refractivity contribution in [3.8, 4) is 0 Å². The van der Waals surface area contributed by atoms with Gasteiger partial charge in [-0.25, -0.2) is 14.8 Å². The van der Waals surface area contributed by atoms with Crippen molar-refractivity contribution in [1.29, 1.82) is 0 Å². The van der Waals surface area contributed by atoms with Gasteiger partial charge in [0.2, 0.25) is 5.95 Å². The number of carbonyl (C=O) groups is 1. The second-order valence-electron chi connectivity index (χ2n) is 5.83. The van der Waals surface area contributed by atoms with Crippen LogP contribution in [-0.2, 0) is 4.74 Å². The van der Waals surface area contributed by atoms with Crippen LogP contribution in [0.4, 0.5) is 23.1 Å². The molecule has 0 radical (unpaired) electrons. The predicted octanol–water partition coefficient (Wildman–Crippen LogP) is 3.55. The van der Waals surface area contributed by atoms with Crippen LogP contribution in [0, 0.1) is 13.8 Å². The van der Waals surface area contributed by atoms with Crippen molar-refractivity contribution < 1.29 is 9.53 Å². The van der Waals surface area contributed by atoms with E-state index < -0.39 is 5.97 Å². The average molecular weight is 364 g/mol. The summed E-state index contributed by atoms with van der Waals surface area (Å²) in [5.41, 5.74) is 3.70. The van der Waals surface area contributed by atoms with Gasteiger partial charge in [-0.3, -0.25) is 0 Å². The molecule has 27 heavy (non-hydrogen) atoms. The van der Waals surface area contributed by atoms with Crippen LogP contribution in [-0.4, -0.2) is 32.7 Å². The molecule has 0 bridgehead atoms. The zero-order chi connectivity index (χ0) is 19.2. The molecule has 0 unspecified atom stereocenters. The topological polar surface area (TPSA) is 102 Å². The summed E-state index contributed by atoms with van der Waals surface area (Å²) < 4.78 is 4.88. The number of esters is 1. The highest BCUT2D eigenvalue weighted by atomic mass is 16.5. The molecule has 8 heteroatoms. The summed E-state index contributed by atoms with van der Waals surface area (Å²) in [7, 11) is 0. The van der Waals surface area contributed by atoms with Crippen LogP contribution >= 0.6 is 0 Å². The van der Waals surface area contributed by atoms with Crippen molar-refractivity contribution in [3.05, 3.63) is 59.5 Å². The Morgan fingerprint density at radius 1 is 0.926 bits per heavy atom. The number of ether oxygens (including phenoxy) is 1. The smallest absolute Gasteiger partial charge is 0.358 e. The van der Waals surface area contributed by atoms with Gasteiger partial charge in [-0.2, -0.15) is 0 Å². The summed E-state index contributed by atoms with van der Waals surface area (Å²) in [4.78, 5) is 20.3. The molecule has 0 amide bonds. The Hall–Kier alpha value is -3.55. The van der Waals surface area contributed by atoms with Crippen molar-refractivity contribution in [1.82, 2.24) is 20.2 Å². The first-order valence-electron chi connectivity index (χ1n) is 8.51. The lowest BCUT2D eigenvalue weighted by molar-refractivity contribution is 0.0518. The monoisotopic (exact) mass is 364 g/mol. The van der Waals surface area contributed by atoms with Crippen LogP contribution in [0.3, 0.4) is 0 Å². The van der Waals surface area contributed by atoms with Crippen molar-refractivity contribution in [2.45, 2.75) is 20.8 Å². The van der Waals surface area contributed by atoms with Crippen LogP contribution < -0.4 is 10.6 Å². The molecular formula is C19H20N6O2. The van der Waals surface area contributed by atoms with Gasteiger partial charge in [-0.15, -0.1) is 10.2 Å². The minimum absolute atomic E-state index is 0.176. The summed E-state index contributed by atoms with van der Waals surface area (Å²) in [5, 5.41) is 14.2. The van der Waals surface area contributed by atoms with Crippen LogP contribution in [0.2, 0.25) is 0 Å². The van der Waals surface area contributed by atoms with Crippen LogP contribution in [0.1, 0.15) is 28.8 Å². The summed E-state index contributed by atoms with van der Waals surface area (Å²) in [6.45, 7) is 5.91. The maximum atomic E-state index is 11.6. The number of nitrogens with zero attached hydrogens (tertiary/aromatic N) is 4. The zero-order valence-corrected chi connectivity index (χ0v) is 15.4. The molecule has 2 heterocycles. The third-order valence-corrected chi connectivity index (χ3v) is 3.54. The molecule has 3 rings (SSSR count). The van der Waals surface area contributed by atoms with Crippen molar-refractivity contribution in [3.63, 3.8) is 0 Å². The molecule has 0 fully saturated rings. The van der Waals surface area contributed by atoms with Gasteiger partial charge in [0.1, 0.15) is 0 Å². The molecular weight excluding hydrogens is 344 g/mol. The molecule has 138 valence electrons. The van der Waals surface area contributed by atoms with Gasteiger partial charge in [0, 0.05) is 22.8 Å². The molecule has 0 aliphatic rings. The second kappa shape index (κ2) is 8.22. The molecule has 0 saturated heterocycles. The Labute approximate surface area is 157 Å². The quantitative estimate of drug-likeness (QED) is 0.640. The number of benzene rings is 1. The third kappa shape index (κ3) is 4.97. The molecule has 8 nitrogen and oxygen atoms in total. The van der Waals surface area contributed by atoms with Crippen LogP contribution in [0.5, 0.6) is 0 Å². The Bertz CT molecular complexity index is 906. The lowest BCUT2D eigenvalue weighted by Gasteiger charge is -2.09. The number of aryl methyl sites for hydroxylation is 2. The Kier molecular flexibility index (Phi) is 5.55. The molecule has 0 aliphatic heterocycles. The molecule has 2 aromatic heterocycles. The molecule has 0 spiro atoms. The van der Waals surface area contributed by atoms with E-state index in [1.807, 2.05) is 44.2 Å². The first-order chi connectivity index (χ1) is 13.0. The first kappa shape index (κ1) is 18.2. The van der Waals surface area contributed by atoms with E-state index in [4.69, 9.17) is 4.74 Å². The van der Waals surface area contributed by atoms with Gasteiger partial charge >= 0.3 is 5.97 Å². The van der Waals surface area contributed by atoms with Crippen LogP contribution in [0.15, 0.2) is 42.5 Å². The van der Waals surface area contributed by atoms with Gasteiger partial charge in [0.25, 0.3) is 0 Å². The second-order valence-corrected chi connectivity index (χ2v) is 5.83. The van der Waals surface area contributed by atoms with Gasteiger partial charge in [-0.1, -0.05) is 0 Å². The highest BCUT2D eigenvalue weighted by Gasteiger charge is 2.09. The minimum atomic E-state index is -0.486. The van der Waals surface area contributed by atoms with Crippen molar-refractivity contribution in [2.75, 3.05) is 17.2 Å². The minimum Gasteiger partial charge on any atom is -0.461 e. The van der Waals surface area contributed by atoms with Gasteiger partial charge in [0.15, 0.2) is 11.5 Å². The average Bonchev–Trinajstić information content (AvgIpc) is 2.63. The molecule has 0 aliphatic carbocycles. The number of aromatic nitrogens is 4. The largest absolute Gasteiger partial charge is 0.461 e. The van der Waals surface area contributed by atoms with Gasteiger partial charge in [-0.05, 0) is 63.2 Å². The van der Waals surface area contributed by atoms with E-state index in [2.05, 4.69) is 30.8 Å². The van der Waals surface area contributed by atoms with E-state index in [1.165, 1.54) is 0 Å². The van der Waals surface area contributed by atoms with Crippen LogP contribution in [0.25, 0.3) is 0 Å². The standard InChI is InChI=1S/C19H20N6O2/c1-4-27-18(26)16-9-10-17(25-24-16)22-14-5-7-15(8-6-14)23-19-20-12(2)11-13(3)21-19/h5-11H,4H2,1-3H3,(H,22,25)(H,20,21,23). The molecule has 3 aromatic rings. The lowest BCUT2D eigenvalue weighted by atomic mass is 10.2. The molecule has 0 saturated carbocycles. The first-order valence-corrected chi connectivity index (χ1v) is 8.51. The van der Waals surface area contributed by atoms with Crippen molar-refractivity contribution in [2.24, 2.45) is 0 Å². The SMILES string of the molecule is CCOC(=O)c1ccc(Nc2ccc(Nc3nc(C)cc(C)n3)cc2)nn1. The van der Waals surface area contributed by atoms with Gasteiger partial charge in [0.05, 0.1) is 6.61 Å². The normalized spacial score (nSPS) is 10.3. The number of nitrogens with one attached hydrogen (secondary N) is 2. The summed E-state index contributed by atoms with van der Waals surface area (Å²) in [5.74, 6) is 0.607. The van der Waals surface area contributed by atoms with E-state index in [0.29, 0.717) is 18.4 Å². The Morgan fingerprint density at radius 3 is 2.11 bits per heavy atom. The highest BCUT2D eigenvalue weighted by Crippen LogP contribution is 2.19. The Morgan fingerprint density at radius 2 is 1.56 bits per heavy atom. The summed E-state index contributed by atoms with van der Waals surface area (Å²) in [6, 6.07) is 12.8. The maximum absolute atomic E-state index is 11.6. The van der Waals surface area contributed by atoms with E-state index in [9.17, 15) is 4.79 Å². The lowest BCUT2D eigenvalue weighted by Crippen LogP contribution is -2.08. The van der Waals surface area contributed by atoms with E-state index in [1.54, 1.807) is 19.1 Å². The number of hydrogen-bond acceptors (Lipinski definition) is 8. The number of hydrogen-bond donors (Lipinski definition) is 2. The predicted molar refractivity (Wildman–Crippen MR) is 103 cm³/mol. The van der Waals surface area contributed by atoms with Crippen molar-refractivity contribution >= 4 is 29.1 Å². The summed E-state index contributed by atoms with van der Waals surface area (Å²) >= 11 is 0. The molecule has 1 aromatic carbocycles. The zero-order valence-electron chi connectivity index (χ0n) is 15.4. The summed E-state index contributed by atoms with van der Waals surface area (Å²) in [6.07, 6.45) is 0. The number of rotatable bonds is 6. The third-order valence-electron chi connectivity index (χ3n) is 3.54. The fourth-order valence-corrected chi connectivity index (χ4v) is 2.41. The molecule has 2 N–H and O–H groups in total. The number of carbonyl (C=O) groups excluding carboxylic acids is 1. The Balaban J connectivity index is 1.64. The van der Waals surface area contributed by atoms with E-state index in [-0.39, 0.29) is 5.69 Å². The van der Waals surface area contributed by atoms with E-state index in [0.717, 1.165) is 22.8 Å². The maximum Gasteiger partial charge on any atom is 0.358 e. The molecule has 0 atom stereocenters. The van der Waals surface area contributed by atoms with Gasteiger partial charge < -0.3 is 15.4 Å². The highest BCUT2D eigenvalue weighted by molar-refractivity contribution is 5.87. The number of anilines is 4.